The summed E-state index contributed by atoms with van der Waals surface area (Å²) >= 11 is 0. The van der Waals surface area contributed by atoms with Gasteiger partial charge in [-0.3, -0.25) is 0 Å². The van der Waals surface area contributed by atoms with Crippen LogP contribution >= 0.6 is 0 Å². The Kier molecular flexibility index (Phi) is 5.02. The van der Waals surface area contributed by atoms with E-state index in [0.717, 1.165) is 5.56 Å². The summed E-state index contributed by atoms with van der Waals surface area (Å²) in [7, 11) is -2.04. The molecule has 1 atom stereocenters. The third-order valence-electron chi connectivity index (χ3n) is 3.62. The van der Waals surface area contributed by atoms with E-state index in [2.05, 4.69) is 5.32 Å². The van der Waals surface area contributed by atoms with E-state index >= 15 is 0 Å². The van der Waals surface area contributed by atoms with Gasteiger partial charge >= 0.3 is 6.03 Å². The van der Waals surface area contributed by atoms with Crippen LogP contribution in [-0.2, 0) is 10.0 Å². The molecule has 0 aromatic heterocycles. The number of amides is 2. The van der Waals surface area contributed by atoms with Crippen LogP contribution in [0.5, 0.6) is 0 Å². The summed E-state index contributed by atoms with van der Waals surface area (Å²) < 4.78 is 22.5. The lowest BCUT2D eigenvalue weighted by Gasteiger charge is -2.25. The molecule has 2 amide bonds. The molecule has 0 radical (unpaired) electrons. The van der Waals surface area contributed by atoms with Gasteiger partial charge in [0.15, 0.2) is 0 Å². The Bertz CT molecular complexity index is 774. The third-order valence-corrected chi connectivity index (χ3v) is 4.55. The number of carbonyl (C=O) groups excluding carboxylic acids is 1. The maximum Gasteiger partial charge on any atom is 0.322 e. The molecule has 0 aliphatic carbocycles. The Balaban J connectivity index is 2.09. The van der Waals surface area contributed by atoms with Crippen molar-refractivity contribution in [1.29, 1.82) is 0 Å². The van der Waals surface area contributed by atoms with Crippen LogP contribution in [0.4, 0.5) is 10.5 Å². The largest absolute Gasteiger partial charge is 0.322 e. The van der Waals surface area contributed by atoms with E-state index in [0.29, 0.717) is 5.69 Å². The molecule has 0 saturated carbocycles. The highest BCUT2D eigenvalue weighted by Gasteiger charge is 2.18. The highest BCUT2D eigenvalue weighted by molar-refractivity contribution is 7.89. The fourth-order valence-electron chi connectivity index (χ4n) is 2.07. The monoisotopic (exact) mass is 333 g/mol. The maximum atomic E-state index is 12.3. The van der Waals surface area contributed by atoms with Crippen molar-refractivity contribution in [2.75, 3.05) is 12.4 Å². The Morgan fingerprint density at radius 1 is 1.09 bits per heavy atom. The SMILES string of the molecule is C[C@@H](c1ccc(S(N)(=O)=O)cc1)N(C)C(=O)Nc1ccccc1. The number of primary sulfonamides is 1. The Labute approximate surface area is 136 Å². The van der Waals surface area contributed by atoms with Gasteiger partial charge in [-0.15, -0.1) is 0 Å². The Morgan fingerprint density at radius 3 is 2.17 bits per heavy atom. The minimum Gasteiger partial charge on any atom is -0.321 e. The molecule has 122 valence electrons. The predicted octanol–water partition coefficient (Wildman–Crippen LogP) is 2.56. The van der Waals surface area contributed by atoms with Crippen LogP contribution in [0.2, 0.25) is 0 Å². The lowest BCUT2D eigenvalue weighted by molar-refractivity contribution is 0.208. The van der Waals surface area contributed by atoms with Crippen LogP contribution in [0.15, 0.2) is 59.5 Å². The number of urea groups is 1. The highest BCUT2D eigenvalue weighted by atomic mass is 32.2. The number of para-hydroxylation sites is 1. The van der Waals surface area contributed by atoms with Crippen LogP contribution in [0.1, 0.15) is 18.5 Å². The van der Waals surface area contributed by atoms with Gasteiger partial charge in [0.2, 0.25) is 10.0 Å². The molecule has 0 saturated heterocycles. The van der Waals surface area contributed by atoms with E-state index in [1.54, 1.807) is 36.2 Å². The van der Waals surface area contributed by atoms with Gasteiger partial charge in [-0.1, -0.05) is 30.3 Å². The number of sulfonamides is 1. The molecular weight excluding hydrogens is 314 g/mol. The number of nitrogens with zero attached hydrogens (tertiary/aromatic N) is 1. The fraction of sp³-hybridized carbons (Fsp3) is 0.188. The van der Waals surface area contributed by atoms with Gasteiger partial charge in [0.05, 0.1) is 10.9 Å². The number of rotatable bonds is 4. The lowest BCUT2D eigenvalue weighted by Crippen LogP contribution is -2.33. The first-order valence-corrected chi connectivity index (χ1v) is 8.55. The molecular formula is C16H19N3O3S. The molecule has 2 aromatic rings. The molecule has 2 aromatic carbocycles. The second-order valence-electron chi connectivity index (χ2n) is 5.20. The van der Waals surface area contributed by atoms with Crippen LogP contribution < -0.4 is 10.5 Å². The molecule has 0 fully saturated rings. The Hall–Kier alpha value is -2.38. The molecule has 0 heterocycles. The highest BCUT2D eigenvalue weighted by Crippen LogP contribution is 2.21. The smallest absolute Gasteiger partial charge is 0.321 e. The molecule has 23 heavy (non-hydrogen) atoms. The fourth-order valence-corrected chi connectivity index (χ4v) is 2.58. The average Bonchev–Trinajstić information content (AvgIpc) is 2.53. The summed E-state index contributed by atoms with van der Waals surface area (Å²) in [6.07, 6.45) is 0. The van der Waals surface area contributed by atoms with Gasteiger partial charge in [0.25, 0.3) is 0 Å². The van der Waals surface area contributed by atoms with Crippen LogP contribution in [0.25, 0.3) is 0 Å². The van der Waals surface area contributed by atoms with Crippen molar-refractivity contribution in [3.05, 3.63) is 60.2 Å². The second-order valence-corrected chi connectivity index (χ2v) is 6.76. The quantitative estimate of drug-likeness (QED) is 0.900. The maximum absolute atomic E-state index is 12.3. The number of anilines is 1. The number of benzene rings is 2. The summed E-state index contributed by atoms with van der Waals surface area (Å²) in [5.41, 5.74) is 1.52. The van der Waals surface area contributed by atoms with Gasteiger partial charge in [0.1, 0.15) is 0 Å². The van der Waals surface area contributed by atoms with Crippen molar-refractivity contribution in [3.8, 4) is 0 Å². The molecule has 0 spiro atoms. The molecule has 3 N–H and O–H groups in total. The normalized spacial score (nSPS) is 12.5. The minimum absolute atomic E-state index is 0.0461. The number of hydrogen-bond donors (Lipinski definition) is 2. The van der Waals surface area contributed by atoms with E-state index in [1.165, 1.54) is 12.1 Å². The predicted molar refractivity (Wildman–Crippen MR) is 89.5 cm³/mol. The number of nitrogens with two attached hydrogens (primary N) is 1. The summed E-state index contributed by atoms with van der Waals surface area (Å²) in [5.74, 6) is 0. The average molecular weight is 333 g/mol. The van der Waals surface area contributed by atoms with Crippen molar-refractivity contribution < 1.29 is 13.2 Å². The van der Waals surface area contributed by atoms with Crippen LogP contribution in [0, 0.1) is 0 Å². The molecule has 0 aliphatic heterocycles. The lowest BCUT2D eigenvalue weighted by atomic mass is 10.1. The summed E-state index contributed by atoms with van der Waals surface area (Å²) in [6, 6.07) is 14.8. The van der Waals surface area contributed by atoms with Gasteiger partial charge in [0, 0.05) is 12.7 Å². The molecule has 0 unspecified atom stereocenters. The van der Waals surface area contributed by atoms with Crippen molar-refractivity contribution in [3.63, 3.8) is 0 Å². The summed E-state index contributed by atoms with van der Waals surface area (Å²) in [5, 5.41) is 7.87. The van der Waals surface area contributed by atoms with Gasteiger partial charge in [-0.25, -0.2) is 18.4 Å². The molecule has 6 nitrogen and oxygen atoms in total. The number of carbonyl (C=O) groups is 1. The summed E-state index contributed by atoms with van der Waals surface area (Å²) in [4.78, 5) is 13.8. The van der Waals surface area contributed by atoms with Crippen molar-refractivity contribution >= 4 is 21.7 Å². The van der Waals surface area contributed by atoms with E-state index < -0.39 is 10.0 Å². The van der Waals surface area contributed by atoms with Crippen molar-refractivity contribution in [2.45, 2.75) is 17.9 Å². The minimum atomic E-state index is -3.72. The molecule has 0 aliphatic rings. The first-order chi connectivity index (χ1) is 10.8. The van der Waals surface area contributed by atoms with Gasteiger partial charge < -0.3 is 10.2 Å². The van der Waals surface area contributed by atoms with Crippen molar-refractivity contribution in [2.24, 2.45) is 5.14 Å². The molecule has 0 bridgehead atoms. The second kappa shape index (κ2) is 6.80. The zero-order valence-corrected chi connectivity index (χ0v) is 13.7. The third kappa shape index (κ3) is 4.30. The first kappa shape index (κ1) is 17.0. The summed E-state index contributed by atoms with van der Waals surface area (Å²) in [6.45, 7) is 1.86. The zero-order chi connectivity index (χ0) is 17.0. The van der Waals surface area contributed by atoms with Crippen LogP contribution in [0.3, 0.4) is 0 Å². The topological polar surface area (TPSA) is 92.5 Å². The number of nitrogens with one attached hydrogen (secondary N) is 1. The van der Waals surface area contributed by atoms with E-state index in [-0.39, 0.29) is 17.0 Å². The molecule has 7 heteroatoms. The number of hydrogen-bond acceptors (Lipinski definition) is 3. The van der Waals surface area contributed by atoms with E-state index in [9.17, 15) is 13.2 Å². The van der Waals surface area contributed by atoms with E-state index in [1.807, 2.05) is 25.1 Å². The van der Waals surface area contributed by atoms with E-state index in [4.69, 9.17) is 5.14 Å². The zero-order valence-electron chi connectivity index (χ0n) is 12.9. The van der Waals surface area contributed by atoms with Gasteiger partial charge in [-0.05, 0) is 36.8 Å². The standard InChI is InChI=1S/C16H19N3O3S/c1-12(13-8-10-15(11-9-13)23(17,21)22)19(2)16(20)18-14-6-4-3-5-7-14/h3-12H,1-2H3,(H,18,20)(H2,17,21,22)/t12-/m0/s1. The first-order valence-electron chi connectivity index (χ1n) is 7.00. The van der Waals surface area contributed by atoms with Crippen molar-refractivity contribution in [1.82, 2.24) is 4.90 Å². The molecule has 2 rings (SSSR count). The van der Waals surface area contributed by atoms with Crippen LogP contribution in [-0.4, -0.2) is 26.4 Å². The Morgan fingerprint density at radius 2 is 1.65 bits per heavy atom. The van der Waals surface area contributed by atoms with Gasteiger partial charge in [-0.2, -0.15) is 0 Å².